The number of rotatable bonds is 2. The summed E-state index contributed by atoms with van der Waals surface area (Å²) in [5.74, 6) is -2.82. The van der Waals surface area contributed by atoms with Crippen LogP contribution in [0.4, 0.5) is 8.78 Å². The van der Waals surface area contributed by atoms with Crippen molar-refractivity contribution in [1.82, 2.24) is 0 Å². The van der Waals surface area contributed by atoms with Crippen molar-refractivity contribution < 1.29 is 18.4 Å². The van der Waals surface area contributed by atoms with Crippen molar-refractivity contribution in [3.63, 3.8) is 0 Å². The number of carbonyl (C=O) groups excluding carboxylic acids is 2. The van der Waals surface area contributed by atoms with Gasteiger partial charge in [-0.1, -0.05) is 0 Å². The van der Waals surface area contributed by atoms with E-state index in [1.54, 1.807) is 0 Å². The summed E-state index contributed by atoms with van der Waals surface area (Å²) in [6.07, 6.45) is 0.171. The van der Waals surface area contributed by atoms with E-state index >= 15 is 0 Å². The van der Waals surface area contributed by atoms with Gasteiger partial charge in [-0.15, -0.1) is 0 Å². The maximum atomic E-state index is 12.7. The molecule has 0 radical (unpaired) electrons. The average molecular weight is 184 g/mol. The molecular formula is C9H6F2O2. The molecule has 0 aromatic heterocycles. The average Bonchev–Trinajstić information content (AvgIpc) is 2.09. The van der Waals surface area contributed by atoms with Crippen LogP contribution in [0.3, 0.4) is 0 Å². The minimum atomic E-state index is -1.22. The molecule has 1 aromatic carbocycles. The van der Waals surface area contributed by atoms with Gasteiger partial charge in [0.15, 0.2) is 23.7 Å². The molecule has 0 N–H and O–H groups in total. The fourth-order valence-corrected chi connectivity index (χ4v) is 0.899. The number of hydrogen-bond acceptors (Lipinski definition) is 2. The zero-order valence-corrected chi connectivity index (χ0v) is 6.80. The lowest BCUT2D eigenvalue weighted by Crippen LogP contribution is -1.99. The van der Waals surface area contributed by atoms with Crippen molar-refractivity contribution in [2.24, 2.45) is 0 Å². The van der Waals surface area contributed by atoms with Gasteiger partial charge in [0.2, 0.25) is 0 Å². The van der Waals surface area contributed by atoms with Crippen LogP contribution in [0.1, 0.15) is 27.6 Å². The molecule has 0 saturated heterocycles. The highest BCUT2D eigenvalue weighted by molar-refractivity contribution is 5.95. The van der Waals surface area contributed by atoms with Crippen LogP contribution < -0.4 is 0 Å². The summed E-state index contributed by atoms with van der Waals surface area (Å²) >= 11 is 0. The fourth-order valence-electron chi connectivity index (χ4n) is 0.899. The molecule has 1 aromatic rings. The van der Waals surface area contributed by atoms with Crippen molar-refractivity contribution in [2.45, 2.75) is 6.92 Å². The Kier molecular flexibility index (Phi) is 2.51. The Balaban J connectivity index is 3.38. The number of aldehydes is 1. The number of halogens is 2. The topological polar surface area (TPSA) is 34.1 Å². The second-order valence-corrected chi connectivity index (χ2v) is 2.54. The first kappa shape index (κ1) is 9.51. The summed E-state index contributed by atoms with van der Waals surface area (Å²) in [5, 5.41) is 0. The van der Waals surface area contributed by atoms with Crippen LogP contribution in [0, 0.1) is 11.6 Å². The van der Waals surface area contributed by atoms with Crippen molar-refractivity contribution in [1.29, 1.82) is 0 Å². The highest BCUT2D eigenvalue weighted by Crippen LogP contribution is 2.13. The molecule has 0 bridgehead atoms. The summed E-state index contributed by atoms with van der Waals surface area (Å²) < 4.78 is 25.4. The van der Waals surface area contributed by atoms with E-state index in [2.05, 4.69) is 0 Å². The number of ketones is 1. The maximum Gasteiger partial charge on any atom is 0.169 e. The Hall–Kier alpha value is -1.58. The molecule has 0 saturated carbocycles. The molecule has 4 heteroatoms. The lowest BCUT2D eigenvalue weighted by atomic mass is 10.1. The summed E-state index contributed by atoms with van der Waals surface area (Å²) in [5.41, 5.74) is -0.453. The molecule has 0 unspecified atom stereocenters. The zero-order valence-electron chi connectivity index (χ0n) is 6.80. The highest BCUT2D eigenvalue weighted by Gasteiger charge is 2.11. The van der Waals surface area contributed by atoms with Gasteiger partial charge in [0.25, 0.3) is 0 Å². The predicted octanol–water partition coefficient (Wildman–Crippen LogP) is 1.98. The molecule has 0 atom stereocenters. The molecule has 0 aliphatic carbocycles. The summed E-state index contributed by atoms with van der Waals surface area (Å²) in [7, 11) is 0. The summed E-state index contributed by atoms with van der Waals surface area (Å²) in [6.45, 7) is 1.21. The number of carbonyl (C=O) groups is 2. The molecule has 0 spiro atoms. The van der Waals surface area contributed by atoms with Crippen LogP contribution in [0.5, 0.6) is 0 Å². The quantitative estimate of drug-likeness (QED) is 0.520. The first-order valence-corrected chi connectivity index (χ1v) is 3.51. The molecule has 2 nitrogen and oxygen atoms in total. The molecule has 0 heterocycles. The monoisotopic (exact) mass is 184 g/mol. The van der Waals surface area contributed by atoms with Crippen molar-refractivity contribution >= 4 is 12.1 Å². The van der Waals surface area contributed by atoms with Crippen LogP contribution in [0.15, 0.2) is 12.1 Å². The SMILES string of the molecule is CC(=O)c1cc(F)c(F)c(C=O)c1. The molecule has 0 fully saturated rings. The molecule has 0 aliphatic heterocycles. The fraction of sp³-hybridized carbons (Fsp3) is 0.111. The van der Waals surface area contributed by atoms with Crippen LogP contribution in [0.25, 0.3) is 0 Å². The largest absolute Gasteiger partial charge is 0.298 e. The van der Waals surface area contributed by atoms with Gasteiger partial charge in [0, 0.05) is 5.56 Å². The van der Waals surface area contributed by atoms with Crippen LogP contribution in [-0.2, 0) is 0 Å². The van der Waals surface area contributed by atoms with E-state index in [1.807, 2.05) is 0 Å². The first-order chi connectivity index (χ1) is 6.06. The van der Waals surface area contributed by atoms with Gasteiger partial charge in [-0.3, -0.25) is 9.59 Å². The van der Waals surface area contributed by atoms with E-state index in [-0.39, 0.29) is 11.8 Å². The van der Waals surface area contributed by atoms with Gasteiger partial charge >= 0.3 is 0 Å². The zero-order chi connectivity index (χ0) is 10.0. The molecule has 13 heavy (non-hydrogen) atoms. The Bertz CT molecular complexity index is 372. The first-order valence-electron chi connectivity index (χ1n) is 3.51. The van der Waals surface area contributed by atoms with Gasteiger partial charge in [0.05, 0.1) is 5.56 Å². The summed E-state index contributed by atoms with van der Waals surface area (Å²) in [6, 6.07) is 1.79. The van der Waals surface area contributed by atoms with Crippen molar-refractivity contribution in [3.8, 4) is 0 Å². The Morgan fingerprint density at radius 2 is 2.00 bits per heavy atom. The molecule has 0 aliphatic rings. The number of Topliss-reactive ketones (excluding diaryl/α,β-unsaturated/α-hetero) is 1. The second kappa shape index (κ2) is 3.43. The van der Waals surface area contributed by atoms with Crippen LogP contribution >= 0.6 is 0 Å². The van der Waals surface area contributed by atoms with Crippen LogP contribution in [0.2, 0.25) is 0 Å². The van der Waals surface area contributed by atoms with Gasteiger partial charge < -0.3 is 0 Å². The van der Waals surface area contributed by atoms with E-state index in [9.17, 15) is 18.4 Å². The second-order valence-electron chi connectivity index (χ2n) is 2.54. The van der Waals surface area contributed by atoms with Crippen molar-refractivity contribution in [3.05, 3.63) is 34.9 Å². The minimum absolute atomic E-state index is 0.0130. The minimum Gasteiger partial charge on any atom is -0.298 e. The molecule has 1 rings (SSSR count). The van der Waals surface area contributed by atoms with E-state index in [0.717, 1.165) is 12.1 Å². The third-order valence-electron chi connectivity index (χ3n) is 1.59. The van der Waals surface area contributed by atoms with E-state index < -0.39 is 23.0 Å². The Morgan fingerprint density at radius 1 is 1.38 bits per heavy atom. The van der Waals surface area contributed by atoms with Crippen LogP contribution in [-0.4, -0.2) is 12.1 Å². The van der Waals surface area contributed by atoms with Gasteiger partial charge in [0.1, 0.15) is 0 Å². The number of benzene rings is 1. The third kappa shape index (κ3) is 1.77. The Morgan fingerprint density at radius 3 is 2.46 bits per heavy atom. The Labute approximate surface area is 73.2 Å². The van der Waals surface area contributed by atoms with Crippen molar-refractivity contribution in [2.75, 3.05) is 0 Å². The molecular weight excluding hydrogens is 178 g/mol. The standard InChI is InChI=1S/C9H6F2O2/c1-5(13)6-2-7(4-12)9(11)8(10)3-6/h2-4H,1H3. The van der Waals surface area contributed by atoms with E-state index in [0.29, 0.717) is 0 Å². The molecule has 68 valence electrons. The lowest BCUT2D eigenvalue weighted by molar-refractivity contribution is 0.101. The van der Waals surface area contributed by atoms with Gasteiger partial charge in [-0.25, -0.2) is 8.78 Å². The van der Waals surface area contributed by atoms with Gasteiger partial charge in [-0.05, 0) is 19.1 Å². The highest BCUT2D eigenvalue weighted by atomic mass is 19.2. The van der Waals surface area contributed by atoms with Gasteiger partial charge in [-0.2, -0.15) is 0 Å². The number of hydrogen-bond donors (Lipinski definition) is 0. The maximum absolute atomic E-state index is 12.7. The predicted molar refractivity (Wildman–Crippen MR) is 41.8 cm³/mol. The third-order valence-corrected chi connectivity index (χ3v) is 1.59. The van der Waals surface area contributed by atoms with E-state index in [1.165, 1.54) is 6.92 Å². The molecule has 0 amide bonds. The lowest BCUT2D eigenvalue weighted by Gasteiger charge is -1.99. The van der Waals surface area contributed by atoms with E-state index in [4.69, 9.17) is 0 Å². The normalized spacial score (nSPS) is 9.77. The smallest absolute Gasteiger partial charge is 0.169 e. The summed E-state index contributed by atoms with van der Waals surface area (Å²) in [4.78, 5) is 21.0.